The molecule has 0 radical (unpaired) electrons. The Hall–Kier alpha value is -3.59. The van der Waals surface area contributed by atoms with Gasteiger partial charge in [-0.05, 0) is 30.2 Å². The van der Waals surface area contributed by atoms with Crippen LogP contribution in [-0.4, -0.2) is 50.7 Å². The van der Waals surface area contributed by atoms with Crippen LogP contribution in [0.3, 0.4) is 0 Å². The Labute approximate surface area is 184 Å². The van der Waals surface area contributed by atoms with E-state index in [-0.39, 0.29) is 37.7 Å². The van der Waals surface area contributed by atoms with Crippen molar-refractivity contribution in [2.75, 3.05) is 6.54 Å². The molecule has 0 saturated carbocycles. The number of likely N-dealkylation sites (tertiary alicyclic amines) is 1. The Kier molecular flexibility index (Phi) is 6.27. The number of aryl methyl sites for hydroxylation is 1. The molecule has 1 aliphatic rings. The highest BCUT2D eigenvalue weighted by Crippen LogP contribution is 2.21. The lowest BCUT2D eigenvalue weighted by molar-refractivity contribution is -0.138. The second-order valence-corrected chi connectivity index (χ2v) is 7.85. The second kappa shape index (κ2) is 9.27. The van der Waals surface area contributed by atoms with Crippen molar-refractivity contribution in [3.63, 3.8) is 0 Å². The standard InChI is InChI=1S/C23H23FN4O4/c1-14-8-19(32-27-14)10-22(30)28-13-18(29)9-20(28)23(31)26-11-15-2-4-16(5-3-15)17-6-7-21(24)25-12-17/h2-8,12,18,20,29H,9-11,13H2,1H3,(H,26,31)/t18-,20+/m1/s1. The van der Waals surface area contributed by atoms with Gasteiger partial charge in [0, 0.05) is 37.3 Å². The third kappa shape index (κ3) is 5.00. The smallest absolute Gasteiger partial charge is 0.243 e. The lowest BCUT2D eigenvalue weighted by atomic mass is 10.1. The highest BCUT2D eigenvalue weighted by atomic mass is 19.1. The van der Waals surface area contributed by atoms with Gasteiger partial charge in [-0.1, -0.05) is 29.4 Å². The maximum atomic E-state index is 13.0. The van der Waals surface area contributed by atoms with Gasteiger partial charge in [-0.2, -0.15) is 4.39 Å². The van der Waals surface area contributed by atoms with Crippen LogP contribution in [0.15, 0.2) is 53.2 Å². The number of carbonyl (C=O) groups is 2. The number of carbonyl (C=O) groups excluding carboxylic acids is 2. The molecule has 8 nitrogen and oxygen atoms in total. The second-order valence-electron chi connectivity index (χ2n) is 7.85. The molecule has 32 heavy (non-hydrogen) atoms. The van der Waals surface area contributed by atoms with Crippen molar-refractivity contribution in [1.82, 2.24) is 20.4 Å². The van der Waals surface area contributed by atoms with Crippen LogP contribution in [0, 0.1) is 12.9 Å². The normalized spacial score (nSPS) is 18.0. The zero-order valence-electron chi connectivity index (χ0n) is 17.5. The van der Waals surface area contributed by atoms with E-state index in [1.807, 2.05) is 24.3 Å². The van der Waals surface area contributed by atoms with Crippen LogP contribution in [0.1, 0.15) is 23.4 Å². The van der Waals surface area contributed by atoms with Gasteiger partial charge in [-0.25, -0.2) is 4.98 Å². The number of pyridine rings is 1. The number of aromatic nitrogens is 2. The maximum absolute atomic E-state index is 13.0. The minimum Gasteiger partial charge on any atom is -0.391 e. The van der Waals surface area contributed by atoms with Crippen LogP contribution in [0.25, 0.3) is 11.1 Å². The third-order valence-corrected chi connectivity index (χ3v) is 5.39. The lowest BCUT2D eigenvalue weighted by Crippen LogP contribution is -2.46. The first-order valence-electron chi connectivity index (χ1n) is 10.3. The van der Waals surface area contributed by atoms with E-state index in [1.165, 1.54) is 17.2 Å². The van der Waals surface area contributed by atoms with Gasteiger partial charge in [-0.3, -0.25) is 9.59 Å². The summed E-state index contributed by atoms with van der Waals surface area (Å²) in [5.41, 5.74) is 3.21. The monoisotopic (exact) mass is 438 g/mol. The van der Waals surface area contributed by atoms with E-state index >= 15 is 0 Å². The van der Waals surface area contributed by atoms with Crippen molar-refractivity contribution in [3.8, 4) is 11.1 Å². The zero-order valence-corrected chi connectivity index (χ0v) is 17.5. The maximum Gasteiger partial charge on any atom is 0.243 e. The molecule has 2 amide bonds. The SMILES string of the molecule is Cc1cc(CC(=O)N2C[C@H](O)C[C@H]2C(=O)NCc2ccc(-c3ccc(F)nc3)cc2)on1. The zero-order chi connectivity index (χ0) is 22.7. The Balaban J connectivity index is 1.35. The summed E-state index contributed by atoms with van der Waals surface area (Å²) in [4.78, 5) is 30.5. The Bertz CT molecular complexity index is 1100. The number of aliphatic hydroxyl groups excluding tert-OH is 1. The molecule has 166 valence electrons. The van der Waals surface area contributed by atoms with Gasteiger partial charge >= 0.3 is 0 Å². The van der Waals surface area contributed by atoms with Crippen molar-refractivity contribution in [2.24, 2.45) is 0 Å². The van der Waals surface area contributed by atoms with Crippen LogP contribution in [0.5, 0.6) is 0 Å². The number of nitrogens with zero attached hydrogens (tertiary/aromatic N) is 3. The highest BCUT2D eigenvalue weighted by Gasteiger charge is 2.38. The topological polar surface area (TPSA) is 109 Å². The molecule has 2 atom stereocenters. The predicted molar refractivity (Wildman–Crippen MR) is 113 cm³/mol. The molecule has 3 aromatic rings. The minimum absolute atomic E-state index is 0.0168. The first-order chi connectivity index (χ1) is 15.4. The number of amides is 2. The van der Waals surface area contributed by atoms with E-state index in [0.717, 1.165) is 16.7 Å². The number of hydrogen-bond acceptors (Lipinski definition) is 6. The van der Waals surface area contributed by atoms with Crippen molar-refractivity contribution < 1.29 is 23.6 Å². The van der Waals surface area contributed by atoms with E-state index < -0.39 is 18.1 Å². The summed E-state index contributed by atoms with van der Waals surface area (Å²) in [5.74, 6) is -0.733. The quantitative estimate of drug-likeness (QED) is 0.570. The molecular weight excluding hydrogens is 415 g/mol. The number of β-amino-alcohol motifs (C(OH)–C–C–N with tert-alkyl or cyclic N) is 1. The molecule has 4 rings (SSSR count). The van der Waals surface area contributed by atoms with Gasteiger partial charge in [0.15, 0.2) is 0 Å². The Morgan fingerprint density at radius 1 is 1.22 bits per heavy atom. The summed E-state index contributed by atoms with van der Waals surface area (Å²) in [6, 6.07) is 11.3. The van der Waals surface area contributed by atoms with Gasteiger partial charge in [0.1, 0.15) is 11.8 Å². The molecule has 9 heteroatoms. The number of rotatable bonds is 6. The van der Waals surface area contributed by atoms with Gasteiger partial charge in [0.2, 0.25) is 17.8 Å². The molecule has 2 N–H and O–H groups in total. The van der Waals surface area contributed by atoms with E-state index in [0.29, 0.717) is 11.5 Å². The van der Waals surface area contributed by atoms with Crippen molar-refractivity contribution >= 4 is 11.8 Å². The third-order valence-electron chi connectivity index (χ3n) is 5.39. The molecule has 3 heterocycles. The molecule has 0 bridgehead atoms. The number of benzene rings is 1. The van der Waals surface area contributed by atoms with Gasteiger partial charge < -0.3 is 19.8 Å². The summed E-state index contributed by atoms with van der Waals surface area (Å²) in [6.07, 6.45) is 0.874. The van der Waals surface area contributed by atoms with Crippen LogP contribution in [0.2, 0.25) is 0 Å². The number of halogens is 1. The van der Waals surface area contributed by atoms with E-state index in [1.54, 1.807) is 19.1 Å². The average molecular weight is 438 g/mol. The van der Waals surface area contributed by atoms with Crippen LogP contribution in [0.4, 0.5) is 4.39 Å². The number of nitrogens with one attached hydrogen (secondary N) is 1. The van der Waals surface area contributed by atoms with Gasteiger partial charge in [-0.15, -0.1) is 0 Å². The largest absolute Gasteiger partial charge is 0.391 e. The summed E-state index contributed by atoms with van der Waals surface area (Å²) in [7, 11) is 0. The lowest BCUT2D eigenvalue weighted by Gasteiger charge is -2.23. The van der Waals surface area contributed by atoms with Crippen molar-refractivity contribution in [1.29, 1.82) is 0 Å². The van der Waals surface area contributed by atoms with Gasteiger partial charge in [0.25, 0.3) is 0 Å². The summed E-state index contributed by atoms with van der Waals surface area (Å²) in [5, 5.41) is 16.6. The predicted octanol–water partition coefficient (Wildman–Crippen LogP) is 2.00. The molecular formula is C23H23FN4O4. The minimum atomic E-state index is -0.755. The summed E-state index contributed by atoms with van der Waals surface area (Å²) >= 11 is 0. The van der Waals surface area contributed by atoms with Crippen molar-refractivity contribution in [3.05, 3.63) is 71.6 Å². The number of hydrogen-bond donors (Lipinski definition) is 2. The first-order valence-corrected chi connectivity index (χ1v) is 10.3. The molecule has 0 spiro atoms. The van der Waals surface area contributed by atoms with Crippen LogP contribution >= 0.6 is 0 Å². The molecule has 1 aliphatic heterocycles. The Morgan fingerprint density at radius 2 is 1.97 bits per heavy atom. The molecule has 0 aliphatic carbocycles. The van der Waals surface area contributed by atoms with E-state index in [4.69, 9.17) is 4.52 Å². The van der Waals surface area contributed by atoms with Crippen molar-refractivity contribution in [2.45, 2.75) is 38.5 Å². The molecule has 0 unspecified atom stereocenters. The molecule has 1 aromatic carbocycles. The van der Waals surface area contributed by atoms with Gasteiger partial charge in [0.05, 0.1) is 18.2 Å². The fourth-order valence-corrected chi connectivity index (χ4v) is 3.76. The summed E-state index contributed by atoms with van der Waals surface area (Å²) in [6.45, 7) is 2.14. The Morgan fingerprint density at radius 3 is 2.62 bits per heavy atom. The fourth-order valence-electron chi connectivity index (χ4n) is 3.76. The number of aliphatic hydroxyl groups is 1. The van der Waals surface area contributed by atoms with Crippen LogP contribution < -0.4 is 5.32 Å². The highest BCUT2D eigenvalue weighted by molar-refractivity contribution is 5.89. The molecule has 1 saturated heterocycles. The first kappa shape index (κ1) is 21.6. The molecule has 2 aromatic heterocycles. The van der Waals surface area contributed by atoms with E-state index in [2.05, 4.69) is 15.5 Å². The molecule has 1 fully saturated rings. The fraction of sp³-hybridized carbons (Fsp3) is 0.304. The average Bonchev–Trinajstić information content (AvgIpc) is 3.38. The van der Waals surface area contributed by atoms with E-state index in [9.17, 15) is 19.1 Å². The van der Waals surface area contributed by atoms with Crippen LogP contribution in [-0.2, 0) is 22.6 Å². The summed E-state index contributed by atoms with van der Waals surface area (Å²) < 4.78 is 18.1.